The zero-order valence-electron chi connectivity index (χ0n) is 15.4. The van der Waals surface area contributed by atoms with Gasteiger partial charge in [-0.05, 0) is 49.4 Å². The standard InChI is InChI=1S/C20H17ClN2O5/c1-11-16(27-2)9-4-12(17(11)28-3)10-15-18(24)22-20(26)23(19(15)25)14-7-5-13(21)6-8-14/h4-10H,1-3H3,(H,22,24,26)/b15-10-. The minimum Gasteiger partial charge on any atom is -0.496 e. The number of imide groups is 2. The van der Waals surface area contributed by atoms with E-state index in [1.54, 1.807) is 31.2 Å². The smallest absolute Gasteiger partial charge is 0.335 e. The number of urea groups is 1. The lowest BCUT2D eigenvalue weighted by Crippen LogP contribution is -2.54. The maximum atomic E-state index is 12.9. The molecule has 0 radical (unpaired) electrons. The molecular formula is C20H17ClN2O5. The van der Waals surface area contributed by atoms with Crippen LogP contribution in [0.15, 0.2) is 42.0 Å². The van der Waals surface area contributed by atoms with Gasteiger partial charge in [0.05, 0.1) is 19.9 Å². The molecule has 1 aliphatic heterocycles. The second-order valence-corrected chi connectivity index (χ2v) is 6.39. The number of methoxy groups -OCH3 is 2. The van der Waals surface area contributed by atoms with Gasteiger partial charge >= 0.3 is 6.03 Å². The van der Waals surface area contributed by atoms with Crippen molar-refractivity contribution in [3.63, 3.8) is 0 Å². The van der Waals surface area contributed by atoms with Gasteiger partial charge < -0.3 is 9.47 Å². The summed E-state index contributed by atoms with van der Waals surface area (Å²) in [6, 6.07) is 8.68. The number of hydrogen-bond donors (Lipinski definition) is 1. The summed E-state index contributed by atoms with van der Waals surface area (Å²) < 4.78 is 10.7. The number of carbonyl (C=O) groups excluding carboxylic acids is 3. The Kier molecular flexibility index (Phi) is 5.37. The van der Waals surface area contributed by atoms with Crippen LogP contribution in [0, 0.1) is 6.92 Å². The minimum absolute atomic E-state index is 0.197. The van der Waals surface area contributed by atoms with Crippen molar-refractivity contribution < 1.29 is 23.9 Å². The second-order valence-electron chi connectivity index (χ2n) is 5.95. The highest BCUT2D eigenvalue weighted by Crippen LogP contribution is 2.33. The third-order valence-electron chi connectivity index (χ3n) is 4.30. The van der Waals surface area contributed by atoms with E-state index >= 15 is 0 Å². The molecule has 0 unspecified atom stereocenters. The van der Waals surface area contributed by atoms with Crippen molar-refractivity contribution in [2.24, 2.45) is 0 Å². The van der Waals surface area contributed by atoms with Crippen LogP contribution in [0.25, 0.3) is 6.08 Å². The Balaban J connectivity index is 2.07. The van der Waals surface area contributed by atoms with E-state index in [1.807, 2.05) is 0 Å². The lowest BCUT2D eigenvalue weighted by Gasteiger charge is -2.26. The molecule has 4 amide bonds. The van der Waals surface area contributed by atoms with Crippen molar-refractivity contribution in [1.82, 2.24) is 5.32 Å². The Morgan fingerprint density at radius 3 is 2.29 bits per heavy atom. The number of ether oxygens (including phenoxy) is 2. The third kappa shape index (κ3) is 3.44. The van der Waals surface area contributed by atoms with Crippen LogP contribution in [0.2, 0.25) is 5.02 Å². The monoisotopic (exact) mass is 400 g/mol. The molecule has 0 atom stereocenters. The second kappa shape index (κ2) is 7.74. The molecule has 3 rings (SSSR count). The molecule has 7 nitrogen and oxygen atoms in total. The Bertz CT molecular complexity index is 998. The number of rotatable bonds is 4. The summed E-state index contributed by atoms with van der Waals surface area (Å²) in [5, 5.41) is 2.64. The van der Waals surface area contributed by atoms with Crippen molar-refractivity contribution in [2.75, 3.05) is 19.1 Å². The maximum Gasteiger partial charge on any atom is 0.335 e. The van der Waals surface area contributed by atoms with Crippen molar-refractivity contribution in [3.05, 3.63) is 58.1 Å². The molecule has 1 N–H and O–H groups in total. The Hall–Kier alpha value is -3.32. The van der Waals surface area contributed by atoms with Crippen molar-refractivity contribution in [2.45, 2.75) is 6.92 Å². The number of halogens is 1. The van der Waals surface area contributed by atoms with Gasteiger partial charge in [0, 0.05) is 16.1 Å². The Labute approximate surface area is 166 Å². The number of benzene rings is 2. The molecule has 1 heterocycles. The van der Waals surface area contributed by atoms with Crippen LogP contribution in [0.1, 0.15) is 11.1 Å². The summed E-state index contributed by atoms with van der Waals surface area (Å²) in [7, 11) is 3.02. The molecular weight excluding hydrogens is 384 g/mol. The first kappa shape index (κ1) is 19.4. The molecule has 2 aromatic carbocycles. The highest BCUT2D eigenvalue weighted by molar-refractivity contribution is 6.39. The topological polar surface area (TPSA) is 84.9 Å². The van der Waals surface area contributed by atoms with Crippen LogP contribution in [0.5, 0.6) is 11.5 Å². The van der Waals surface area contributed by atoms with Gasteiger partial charge in [0.2, 0.25) is 0 Å². The molecule has 0 saturated carbocycles. The van der Waals surface area contributed by atoms with E-state index in [1.165, 1.54) is 32.4 Å². The maximum absolute atomic E-state index is 12.9. The fourth-order valence-corrected chi connectivity index (χ4v) is 3.06. The molecule has 0 bridgehead atoms. The SMILES string of the molecule is COc1ccc(/C=C2/C(=O)NC(=O)N(c3ccc(Cl)cc3)C2=O)c(OC)c1C. The molecule has 8 heteroatoms. The van der Waals surface area contributed by atoms with E-state index in [2.05, 4.69) is 5.32 Å². The molecule has 28 heavy (non-hydrogen) atoms. The first-order chi connectivity index (χ1) is 13.4. The Morgan fingerprint density at radius 2 is 1.68 bits per heavy atom. The van der Waals surface area contributed by atoms with E-state index in [0.29, 0.717) is 33.3 Å². The number of carbonyl (C=O) groups is 3. The van der Waals surface area contributed by atoms with Crippen LogP contribution >= 0.6 is 11.6 Å². The predicted octanol–water partition coefficient (Wildman–Crippen LogP) is 3.33. The first-order valence-corrected chi connectivity index (χ1v) is 8.63. The number of nitrogens with one attached hydrogen (secondary N) is 1. The fourth-order valence-electron chi connectivity index (χ4n) is 2.94. The van der Waals surface area contributed by atoms with Gasteiger partial charge in [0.25, 0.3) is 11.8 Å². The van der Waals surface area contributed by atoms with Gasteiger partial charge in [-0.3, -0.25) is 14.9 Å². The summed E-state index contributed by atoms with van der Waals surface area (Å²) in [6.45, 7) is 1.80. The van der Waals surface area contributed by atoms with E-state index in [0.717, 1.165) is 4.90 Å². The average molecular weight is 401 g/mol. The van der Waals surface area contributed by atoms with E-state index < -0.39 is 17.8 Å². The Morgan fingerprint density at radius 1 is 1.00 bits per heavy atom. The highest BCUT2D eigenvalue weighted by Gasteiger charge is 2.37. The van der Waals surface area contributed by atoms with Crippen molar-refractivity contribution >= 4 is 41.2 Å². The largest absolute Gasteiger partial charge is 0.496 e. The molecule has 0 aliphatic carbocycles. The van der Waals surface area contributed by atoms with E-state index in [9.17, 15) is 14.4 Å². The highest BCUT2D eigenvalue weighted by atomic mass is 35.5. The fraction of sp³-hybridized carbons (Fsp3) is 0.150. The molecule has 0 spiro atoms. The normalized spacial score (nSPS) is 15.6. The summed E-state index contributed by atoms with van der Waals surface area (Å²) in [6.07, 6.45) is 1.39. The van der Waals surface area contributed by atoms with Gasteiger partial charge in [-0.2, -0.15) is 0 Å². The number of anilines is 1. The lowest BCUT2D eigenvalue weighted by atomic mass is 10.0. The summed E-state index contributed by atoms with van der Waals surface area (Å²) >= 11 is 5.86. The van der Waals surface area contributed by atoms with Crippen molar-refractivity contribution in [1.29, 1.82) is 0 Å². The van der Waals surface area contributed by atoms with Crippen LogP contribution in [0.4, 0.5) is 10.5 Å². The predicted molar refractivity (Wildman–Crippen MR) is 105 cm³/mol. The van der Waals surface area contributed by atoms with Gasteiger partial charge in [0.1, 0.15) is 17.1 Å². The third-order valence-corrected chi connectivity index (χ3v) is 4.55. The number of barbiturate groups is 1. The van der Waals surface area contributed by atoms with Crippen LogP contribution < -0.4 is 19.7 Å². The molecule has 0 aromatic heterocycles. The van der Waals surface area contributed by atoms with Gasteiger partial charge in [-0.15, -0.1) is 0 Å². The summed E-state index contributed by atoms with van der Waals surface area (Å²) in [4.78, 5) is 38.4. The number of hydrogen-bond acceptors (Lipinski definition) is 5. The summed E-state index contributed by atoms with van der Waals surface area (Å²) in [5.74, 6) is -0.457. The van der Waals surface area contributed by atoms with Gasteiger partial charge in [-0.25, -0.2) is 9.69 Å². The lowest BCUT2D eigenvalue weighted by molar-refractivity contribution is -0.122. The molecule has 144 valence electrons. The van der Waals surface area contributed by atoms with Crippen LogP contribution in [-0.2, 0) is 9.59 Å². The van der Waals surface area contributed by atoms with Crippen molar-refractivity contribution in [3.8, 4) is 11.5 Å². The van der Waals surface area contributed by atoms with E-state index in [-0.39, 0.29) is 5.57 Å². The molecule has 1 saturated heterocycles. The quantitative estimate of drug-likeness (QED) is 0.628. The van der Waals surface area contributed by atoms with Gasteiger partial charge in [0.15, 0.2) is 0 Å². The average Bonchev–Trinajstić information content (AvgIpc) is 2.66. The zero-order valence-corrected chi connectivity index (χ0v) is 16.2. The minimum atomic E-state index is -0.827. The number of nitrogens with zero attached hydrogens (tertiary/aromatic N) is 1. The van der Waals surface area contributed by atoms with Gasteiger partial charge in [-0.1, -0.05) is 11.6 Å². The zero-order chi connectivity index (χ0) is 20.4. The van der Waals surface area contributed by atoms with Crippen LogP contribution in [-0.4, -0.2) is 32.1 Å². The molecule has 2 aromatic rings. The first-order valence-electron chi connectivity index (χ1n) is 8.26. The molecule has 1 fully saturated rings. The summed E-state index contributed by atoms with van der Waals surface area (Å²) in [5.41, 5.74) is 1.32. The van der Waals surface area contributed by atoms with E-state index in [4.69, 9.17) is 21.1 Å². The molecule has 1 aliphatic rings. The van der Waals surface area contributed by atoms with Crippen LogP contribution in [0.3, 0.4) is 0 Å². The number of amides is 4.